The number of amides is 1. The Morgan fingerprint density at radius 2 is 1.58 bits per heavy atom. The average Bonchev–Trinajstić information content (AvgIpc) is 2.91. The average molecular weight is 490 g/mol. The maximum Gasteiger partial charge on any atom is 0.263 e. The van der Waals surface area contributed by atoms with Gasteiger partial charge in [0.2, 0.25) is 0 Å². The first kappa shape index (κ1) is 25.4. The van der Waals surface area contributed by atoms with E-state index in [-0.39, 0.29) is 11.9 Å². The van der Waals surface area contributed by atoms with E-state index < -0.39 is 6.10 Å². The Hall–Kier alpha value is -3.67. The number of hydrogen-bond donors (Lipinski definition) is 0. The van der Waals surface area contributed by atoms with Gasteiger partial charge in [0.05, 0.1) is 20.3 Å². The van der Waals surface area contributed by atoms with Crippen LogP contribution in [0.25, 0.3) is 0 Å². The second kappa shape index (κ2) is 11.4. The smallest absolute Gasteiger partial charge is 0.263 e. The Labute approximate surface area is 213 Å². The summed E-state index contributed by atoms with van der Waals surface area (Å²) in [6, 6.07) is 21.2. The van der Waals surface area contributed by atoms with Crippen molar-refractivity contribution in [2.45, 2.75) is 45.3 Å². The van der Waals surface area contributed by atoms with Crippen LogP contribution >= 0.6 is 0 Å². The molecule has 0 radical (unpaired) electrons. The minimum absolute atomic E-state index is 0.0805. The van der Waals surface area contributed by atoms with Gasteiger partial charge in [0.15, 0.2) is 17.6 Å². The fourth-order valence-electron chi connectivity index (χ4n) is 4.58. The largest absolute Gasteiger partial charge is 0.493 e. The number of rotatable bonds is 9. The summed E-state index contributed by atoms with van der Waals surface area (Å²) in [5.41, 5.74) is 3.38. The lowest BCUT2D eigenvalue weighted by atomic mass is 9.91. The van der Waals surface area contributed by atoms with E-state index >= 15 is 0 Å². The lowest BCUT2D eigenvalue weighted by molar-refractivity contribution is -0.141. The fraction of sp³-hybridized carbons (Fsp3) is 0.367. The zero-order valence-electron chi connectivity index (χ0n) is 21.7. The molecule has 36 heavy (non-hydrogen) atoms. The van der Waals surface area contributed by atoms with Crippen LogP contribution in [0, 0.1) is 0 Å². The maximum atomic E-state index is 13.6. The molecule has 0 aliphatic carbocycles. The first-order valence-electron chi connectivity index (χ1n) is 12.4. The molecule has 0 spiro atoms. The molecular formula is C30H35NO5. The van der Waals surface area contributed by atoms with Crippen LogP contribution in [0.4, 0.5) is 0 Å². The Morgan fingerprint density at radius 1 is 0.917 bits per heavy atom. The number of carbonyl (C=O) groups excluding carboxylic acids is 1. The highest BCUT2D eigenvalue weighted by molar-refractivity contribution is 5.82. The van der Waals surface area contributed by atoms with Gasteiger partial charge in [0.25, 0.3) is 5.91 Å². The number of methoxy groups -OCH3 is 2. The predicted molar refractivity (Wildman–Crippen MR) is 140 cm³/mol. The molecule has 0 saturated carbocycles. The molecule has 6 nitrogen and oxygen atoms in total. The van der Waals surface area contributed by atoms with Crippen molar-refractivity contribution in [3.05, 3.63) is 83.4 Å². The number of ether oxygens (including phenoxy) is 4. The van der Waals surface area contributed by atoms with Gasteiger partial charge in [0.1, 0.15) is 18.1 Å². The molecule has 2 atom stereocenters. The summed E-state index contributed by atoms with van der Waals surface area (Å²) < 4.78 is 23.3. The zero-order valence-corrected chi connectivity index (χ0v) is 21.7. The molecule has 3 aromatic rings. The first-order chi connectivity index (χ1) is 17.4. The molecule has 6 heteroatoms. The van der Waals surface area contributed by atoms with Crippen LogP contribution in [0.15, 0.2) is 66.7 Å². The maximum absolute atomic E-state index is 13.6. The third-order valence-electron chi connectivity index (χ3n) is 6.64. The van der Waals surface area contributed by atoms with Crippen molar-refractivity contribution in [1.29, 1.82) is 0 Å². The summed E-state index contributed by atoms with van der Waals surface area (Å²) in [5.74, 6) is 3.12. The zero-order chi connectivity index (χ0) is 25.7. The Balaban J connectivity index is 1.61. The summed E-state index contributed by atoms with van der Waals surface area (Å²) in [7, 11) is 3.25. The molecule has 1 heterocycles. The summed E-state index contributed by atoms with van der Waals surface area (Å²) in [5, 5.41) is 0. The number of benzene rings is 3. The van der Waals surface area contributed by atoms with Gasteiger partial charge >= 0.3 is 0 Å². The van der Waals surface area contributed by atoms with E-state index in [0.717, 1.165) is 16.9 Å². The monoisotopic (exact) mass is 489 g/mol. The fourth-order valence-corrected chi connectivity index (χ4v) is 4.58. The highest BCUT2D eigenvalue weighted by atomic mass is 16.5. The Morgan fingerprint density at radius 3 is 2.22 bits per heavy atom. The van der Waals surface area contributed by atoms with Crippen molar-refractivity contribution in [3.8, 4) is 23.0 Å². The topological polar surface area (TPSA) is 57.2 Å². The van der Waals surface area contributed by atoms with Crippen molar-refractivity contribution in [1.82, 2.24) is 4.90 Å². The molecule has 0 N–H and O–H groups in total. The summed E-state index contributed by atoms with van der Waals surface area (Å²) in [6.07, 6.45) is 0.0703. The molecule has 3 aromatic carbocycles. The second-order valence-corrected chi connectivity index (χ2v) is 9.31. The molecule has 1 amide bonds. The van der Waals surface area contributed by atoms with E-state index in [2.05, 4.69) is 26.0 Å². The second-order valence-electron chi connectivity index (χ2n) is 9.31. The van der Waals surface area contributed by atoms with Gasteiger partial charge in [-0.05, 0) is 72.4 Å². The van der Waals surface area contributed by atoms with Crippen LogP contribution in [0.2, 0.25) is 0 Å². The third kappa shape index (κ3) is 5.59. The standard InChI is InChI=1S/C30H35NO5/c1-20(2)22-11-13-24(14-12-22)35-19-27-26-18-29(34-5)28(33-4)17-23(26)15-16-31(27)30(32)21(3)36-25-9-7-6-8-10-25/h6-14,17-18,20-21,27H,15-16,19H2,1-5H3. The number of para-hydroxylation sites is 1. The Kier molecular flexibility index (Phi) is 8.04. The molecule has 0 fully saturated rings. The van der Waals surface area contributed by atoms with Crippen molar-refractivity contribution in [2.24, 2.45) is 0 Å². The van der Waals surface area contributed by atoms with Gasteiger partial charge in [0, 0.05) is 6.54 Å². The van der Waals surface area contributed by atoms with Crippen LogP contribution in [-0.2, 0) is 11.2 Å². The van der Waals surface area contributed by atoms with Crippen LogP contribution in [0.5, 0.6) is 23.0 Å². The van der Waals surface area contributed by atoms with E-state index in [1.807, 2.05) is 59.5 Å². The molecular weight excluding hydrogens is 454 g/mol. The van der Waals surface area contributed by atoms with E-state index in [0.29, 0.717) is 42.7 Å². The van der Waals surface area contributed by atoms with Crippen molar-refractivity contribution >= 4 is 5.91 Å². The van der Waals surface area contributed by atoms with E-state index in [9.17, 15) is 4.79 Å². The minimum Gasteiger partial charge on any atom is -0.493 e. The van der Waals surface area contributed by atoms with Crippen LogP contribution in [0.1, 0.15) is 49.4 Å². The van der Waals surface area contributed by atoms with Crippen molar-refractivity contribution < 1.29 is 23.7 Å². The van der Waals surface area contributed by atoms with Gasteiger partial charge in [-0.25, -0.2) is 0 Å². The third-order valence-corrected chi connectivity index (χ3v) is 6.64. The van der Waals surface area contributed by atoms with Gasteiger partial charge in [-0.2, -0.15) is 0 Å². The predicted octanol–water partition coefficient (Wildman–Crippen LogP) is 5.80. The quantitative estimate of drug-likeness (QED) is 0.380. The van der Waals surface area contributed by atoms with Crippen LogP contribution in [-0.4, -0.2) is 44.3 Å². The van der Waals surface area contributed by atoms with Crippen LogP contribution < -0.4 is 18.9 Å². The molecule has 2 unspecified atom stereocenters. The Bertz CT molecular complexity index is 1160. The number of fused-ring (bicyclic) bond motifs is 1. The van der Waals surface area contributed by atoms with Crippen molar-refractivity contribution in [3.63, 3.8) is 0 Å². The lowest BCUT2D eigenvalue weighted by Crippen LogP contribution is -2.47. The molecule has 1 aliphatic rings. The van der Waals surface area contributed by atoms with Gasteiger partial charge in [-0.15, -0.1) is 0 Å². The highest BCUT2D eigenvalue weighted by Crippen LogP contribution is 2.39. The van der Waals surface area contributed by atoms with Gasteiger partial charge < -0.3 is 23.8 Å². The molecule has 4 rings (SSSR count). The van der Waals surface area contributed by atoms with E-state index in [4.69, 9.17) is 18.9 Å². The molecule has 190 valence electrons. The van der Waals surface area contributed by atoms with Gasteiger partial charge in [-0.1, -0.05) is 44.2 Å². The van der Waals surface area contributed by atoms with E-state index in [1.165, 1.54) is 5.56 Å². The summed E-state index contributed by atoms with van der Waals surface area (Å²) in [6.45, 7) is 7.00. The highest BCUT2D eigenvalue weighted by Gasteiger charge is 2.35. The molecule has 0 aromatic heterocycles. The van der Waals surface area contributed by atoms with Gasteiger partial charge in [-0.3, -0.25) is 4.79 Å². The first-order valence-corrected chi connectivity index (χ1v) is 12.4. The molecule has 0 saturated heterocycles. The SMILES string of the molecule is COc1cc2c(cc1OC)C(COc1ccc(C(C)C)cc1)N(C(=O)C(C)Oc1ccccc1)CC2. The lowest BCUT2D eigenvalue weighted by Gasteiger charge is -2.38. The van der Waals surface area contributed by atoms with Crippen molar-refractivity contribution in [2.75, 3.05) is 27.4 Å². The normalized spacial score (nSPS) is 15.7. The minimum atomic E-state index is -0.637. The van der Waals surface area contributed by atoms with Crippen LogP contribution in [0.3, 0.4) is 0 Å². The molecule has 0 bridgehead atoms. The summed E-state index contributed by atoms with van der Waals surface area (Å²) >= 11 is 0. The number of carbonyl (C=O) groups is 1. The summed E-state index contributed by atoms with van der Waals surface area (Å²) in [4.78, 5) is 15.5. The molecule has 1 aliphatic heterocycles. The number of nitrogens with zero attached hydrogens (tertiary/aromatic N) is 1. The van der Waals surface area contributed by atoms with E-state index in [1.54, 1.807) is 21.1 Å². The number of hydrogen-bond acceptors (Lipinski definition) is 5.